The number of fused-ring (bicyclic) bond motifs is 1. The molecule has 2 heterocycles. The highest BCUT2D eigenvalue weighted by molar-refractivity contribution is 4.87. The third kappa shape index (κ3) is 2.48. The molecule has 2 aliphatic heterocycles. The Morgan fingerprint density at radius 3 is 2.64 bits per heavy atom. The zero-order valence-corrected chi connectivity index (χ0v) is 9.92. The van der Waals surface area contributed by atoms with Crippen molar-refractivity contribution in [3.63, 3.8) is 0 Å². The highest BCUT2D eigenvalue weighted by atomic mass is 15.3. The van der Waals surface area contributed by atoms with Crippen LogP contribution in [-0.4, -0.2) is 48.6 Å². The van der Waals surface area contributed by atoms with Crippen LogP contribution in [0.5, 0.6) is 0 Å². The number of nitrogens with zero attached hydrogens (tertiary/aromatic N) is 2. The average Bonchev–Trinajstić information content (AvgIpc) is 2.47. The van der Waals surface area contributed by atoms with E-state index >= 15 is 0 Å². The van der Waals surface area contributed by atoms with Crippen molar-refractivity contribution in [2.45, 2.75) is 39.7 Å². The summed E-state index contributed by atoms with van der Waals surface area (Å²) in [5.41, 5.74) is 0.459. The first-order valence-corrected chi connectivity index (χ1v) is 6.01. The fourth-order valence-electron chi connectivity index (χ4n) is 2.87. The molecule has 0 spiro atoms. The van der Waals surface area contributed by atoms with E-state index in [4.69, 9.17) is 0 Å². The highest BCUT2D eigenvalue weighted by Gasteiger charge is 2.31. The number of rotatable bonds is 1. The molecule has 2 fully saturated rings. The lowest BCUT2D eigenvalue weighted by Gasteiger charge is -2.40. The minimum absolute atomic E-state index is 0.459. The average molecular weight is 196 g/mol. The van der Waals surface area contributed by atoms with Gasteiger partial charge >= 0.3 is 0 Å². The highest BCUT2D eigenvalue weighted by Crippen LogP contribution is 2.24. The Morgan fingerprint density at radius 2 is 1.93 bits per heavy atom. The molecule has 0 radical (unpaired) electrons. The van der Waals surface area contributed by atoms with Gasteiger partial charge in [0.1, 0.15) is 0 Å². The van der Waals surface area contributed by atoms with Crippen LogP contribution in [0.1, 0.15) is 33.6 Å². The van der Waals surface area contributed by atoms with Crippen LogP contribution in [0.25, 0.3) is 0 Å². The van der Waals surface area contributed by atoms with Gasteiger partial charge in [0.25, 0.3) is 0 Å². The molecule has 0 saturated carbocycles. The summed E-state index contributed by atoms with van der Waals surface area (Å²) in [5, 5.41) is 0. The molecule has 0 bridgehead atoms. The number of hydrogen-bond donors (Lipinski definition) is 0. The van der Waals surface area contributed by atoms with Gasteiger partial charge in [-0.15, -0.1) is 0 Å². The Labute approximate surface area is 88.3 Å². The van der Waals surface area contributed by atoms with E-state index in [0.717, 1.165) is 6.04 Å². The summed E-state index contributed by atoms with van der Waals surface area (Å²) in [6.45, 7) is 13.5. The minimum atomic E-state index is 0.459. The van der Waals surface area contributed by atoms with Crippen molar-refractivity contribution in [2.75, 3.05) is 32.7 Å². The van der Waals surface area contributed by atoms with E-state index < -0.39 is 0 Å². The fourth-order valence-corrected chi connectivity index (χ4v) is 2.87. The van der Waals surface area contributed by atoms with Gasteiger partial charge in [-0.2, -0.15) is 0 Å². The largest absolute Gasteiger partial charge is 0.300 e. The molecule has 82 valence electrons. The van der Waals surface area contributed by atoms with Gasteiger partial charge in [-0.05, 0) is 24.8 Å². The van der Waals surface area contributed by atoms with Crippen LogP contribution >= 0.6 is 0 Å². The maximum absolute atomic E-state index is 2.68. The Hall–Kier alpha value is -0.0800. The van der Waals surface area contributed by atoms with Gasteiger partial charge in [-0.25, -0.2) is 0 Å². The van der Waals surface area contributed by atoms with Crippen LogP contribution in [0.3, 0.4) is 0 Å². The van der Waals surface area contributed by atoms with Crippen molar-refractivity contribution in [3.8, 4) is 0 Å². The van der Waals surface area contributed by atoms with Crippen LogP contribution in [0, 0.1) is 5.41 Å². The van der Waals surface area contributed by atoms with Gasteiger partial charge in [0.15, 0.2) is 0 Å². The molecule has 2 saturated heterocycles. The molecule has 1 unspecified atom stereocenters. The molecular weight excluding hydrogens is 172 g/mol. The molecule has 0 aromatic rings. The summed E-state index contributed by atoms with van der Waals surface area (Å²) in [6, 6.07) is 0.881. The van der Waals surface area contributed by atoms with Crippen LogP contribution in [0.4, 0.5) is 0 Å². The fraction of sp³-hybridized carbons (Fsp3) is 1.00. The first kappa shape index (κ1) is 10.4. The second kappa shape index (κ2) is 3.82. The van der Waals surface area contributed by atoms with Crippen molar-refractivity contribution < 1.29 is 0 Å². The summed E-state index contributed by atoms with van der Waals surface area (Å²) >= 11 is 0. The van der Waals surface area contributed by atoms with Crippen molar-refractivity contribution in [3.05, 3.63) is 0 Å². The quantitative estimate of drug-likeness (QED) is 0.631. The summed E-state index contributed by atoms with van der Waals surface area (Å²) in [5.74, 6) is 0. The van der Waals surface area contributed by atoms with Crippen molar-refractivity contribution in [2.24, 2.45) is 5.41 Å². The Morgan fingerprint density at radius 1 is 1.14 bits per heavy atom. The van der Waals surface area contributed by atoms with Crippen LogP contribution in [-0.2, 0) is 0 Å². The monoisotopic (exact) mass is 196 g/mol. The molecule has 2 heteroatoms. The molecule has 2 nitrogen and oxygen atoms in total. The summed E-state index contributed by atoms with van der Waals surface area (Å²) < 4.78 is 0. The lowest BCUT2D eigenvalue weighted by Crippen LogP contribution is -2.51. The standard InChI is InChI=1S/C12H24N2/c1-12(2,3)10-13-7-8-14-6-4-5-11(14)9-13/h11H,4-10H2,1-3H3. The predicted molar refractivity (Wildman–Crippen MR) is 60.5 cm³/mol. The maximum Gasteiger partial charge on any atom is 0.0224 e. The van der Waals surface area contributed by atoms with Gasteiger partial charge in [0, 0.05) is 32.2 Å². The zero-order valence-electron chi connectivity index (χ0n) is 9.92. The SMILES string of the molecule is CC(C)(C)CN1CCN2CCCC2C1. The van der Waals surface area contributed by atoms with Gasteiger partial charge in [0.05, 0.1) is 0 Å². The van der Waals surface area contributed by atoms with Crippen molar-refractivity contribution in [1.82, 2.24) is 9.80 Å². The predicted octanol–water partition coefficient (Wildman–Crippen LogP) is 1.81. The Bertz CT molecular complexity index is 195. The second-order valence-electron chi connectivity index (χ2n) is 6.13. The Kier molecular flexibility index (Phi) is 2.85. The lowest BCUT2D eigenvalue weighted by atomic mass is 9.95. The van der Waals surface area contributed by atoms with Crippen LogP contribution < -0.4 is 0 Å². The molecule has 0 aromatic heterocycles. The van der Waals surface area contributed by atoms with Gasteiger partial charge in [-0.1, -0.05) is 20.8 Å². The molecule has 14 heavy (non-hydrogen) atoms. The maximum atomic E-state index is 2.68. The second-order valence-corrected chi connectivity index (χ2v) is 6.13. The molecule has 0 aliphatic carbocycles. The molecule has 0 aromatic carbocycles. The van der Waals surface area contributed by atoms with Gasteiger partial charge in [0.2, 0.25) is 0 Å². The van der Waals surface area contributed by atoms with E-state index in [1.165, 1.54) is 45.6 Å². The van der Waals surface area contributed by atoms with E-state index in [2.05, 4.69) is 30.6 Å². The van der Waals surface area contributed by atoms with Crippen LogP contribution in [0.15, 0.2) is 0 Å². The first-order chi connectivity index (χ1) is 6.54. The topological polar surface area (TPSA) is 6.48 Å². The van der Waals surface area contributed by atoms with E-state index in [1.54, 1.807) is 0 Å². The number of piperazine rings is 1. The molecular formula is C12H24N2. The van der Waals surface area contributed by atoms with Gasteiger partial charge < -0.3 is 0 Å². The summed E-state index contributed by atoms with van der Waals surface area (Å²) in [7, 11) is 0. The summed E-state index contributed by atoms with van der Waals surface area (Å²) in [4.78, 5) is 5.34. The molecule has 2 rings (SSSR count). The van der Waals surface area contributed by atoms with E-state index in [-0.39, 0.29) is 0 Å². The van der Waals surface area contributed by atoms with Crippen molar-refractivity contribution in [1.29, 1.82) is 0 Å². The molecule has 0 N–H and O–H groups in total. The Balaban J connectivity index is 1.85. The zero-order chi connectivity index (χ0) is 10.2. The third-order valence-electron chi connectivity index (χ3n) is 3.37. The molecule has 2 aliphatic rings. The first-order valence-electron chi connectivity index (χ1n) is 6.01. The number of hydrogen-bond acceptors (Lipinski definition) is 2. The lowest BCUT2D eigenvalue weighted by molar-refractivity contribution is 0.0790. The molecule has 0 amide bonds. The smallest absolute Gasteiger partial charge is 0.0224 e. The van der Waals surface area contributed by atoms with Crippen molar-refractivity contribution >= 4 is 0 Å². The normalized spacial score (nSPS) is 30.6. The van der Waals surface area contributed by atoms with Crippen LogP contribution in [0.2, 0.25) is 0 Å². The minimum Gasteiger partial charge on any atom is -0.300 e. The van der Waals surface area contributed by atoms with E-state index in [9.17, 15) is 0 Å². The van der Waals surface area contributed by atoms with E-state index in [1.807, 2.05) is 0 Å². The van der Waals surface area contributed by atoms with Gasteiger partial charge in [-0.3, -0.25) is 9.80 Å². The summed E-state index contributed by atoms with van der Waals surface area (Å²) in [6.07, 6.45) is 2.86. The third-order valence-corrected chi connectivity index (χ3v) is 3.37. The van der Waals surface area contributed by atoms with E-state index in [0.29, 0.717) is 5.41 Å². The molecule has 1 atom stereocenters.